The van der Waals surface area contributed by atoms with Crippen LogP contribution < -0.4 is 0 Å². The SMILES string of the molecule is C/C=C/B(C)S(C)(C)C. The average Bonchev–Trinajstić information content (AvgIpc) is 1.64. The first-order valence-electron chi connectivity index (χ1n) is 3.28. The molecule has 0 aromatic rings. The van der Waals surface area contributed by atoms with Crippen molar-refractivity contribution in [2.24, 2.45) is 0 Å². The second kappa shape index (κ2) is 3.36. The smallest absolute Gasteiger partial charge is 0.213 e. The molecule has 0 saturated carbocycles. The van der Waals surface area contributed by atoms with E-state index in [4.69, 9.17) is 0 Å². The molecule has 9 heavy (non-hydrogen) atoms. The van der Waals surface area contributed by atoms with Gasteiger partial charge >= 0.3 is 0 Å². The largest absolute Gasteiger partial charge is 0.275 e. The average molecular weight is 144 g/mol. The van der Waals surface area contributed by atoms with E-state index in [0.29, 0.717) is 0 Å². The van der Waals surface area contributed by atoms with Gasteiger partial charge in [0, 0.05) is 0 Å². The highest BCUT2D eigenvalue weighted by atomic mass is 32.3. The second-order valence-corrected chi connectivity index (χ2v) is 7.77. The number of rotatable bonds is 2. The van der Waals surface area contributed by atoms with Crippen LogP contribution in [-0.2, 0) is 0 Å². The Labute approximate surface area is 61.0 Å². The van der Waals surface area contributed by atoms with Crippen LogP contribution in [-0.4, -0.2) is 24.8 Å². The van der Waals surface area contributed by atoms with Crippen molar-refractivity contribution in [1.82, 2.24) is 0 Å². The Morgan fingerprint density at radius 1 is 1.22 bits per heavy atom. The fraction of sp³-hybridized carbons (Fsp3) is 0.714. The molecular formula is C7H17BS. The summed E-state index contributed by atoms with van der Waals surface area (Å²) in [5.74, 6) is 3.05. The molecule has 0 rings (SSSR count). The van der Waals surface area contributed by atoms with Gasteiger partial charge in [-0.1, -0.05) is 12.9 Å². The predicted molar refractivity (Wildman–Crippen MR) is 51.8 cm³/mol. The van der Waals surface area contributed by atoms with Crippen LogP contribution in [0.25, 0.3) is 0 Å². The molecular weight excluding hydrogens is 127 g/mol. The fourth-order valence-corrected chi connectivity index (χ4v) is 1.14. The molecule has 0 fully saturated rings. The molecule has 0 aliphatic carbocycles. The Balaban J connectivity index is 3.88. The zero-order valence-electron chi connectivity index (χ0n) is 7.14. The number of allylic oxidation sites excluding steroid dienone is 1. The van der Waals surface area contributed by atoms with Crippen LogP contribution in [0.5, 0.6) is 0 Å². The maximum atomic E-state index is 2.34. The van der Waals surface area contributed by atoms with E-state index in [1.165, 1.54) is 0 Å². The van der Waals surface area contributed by atoms with Gasteiger partial charge in [0.1, 0.15) is 0 Å². The van der Waals surface area contributed by atoms with E-state index in [9.17, 15) is 0 Å². The van der Waals surface area contributed by atoms with Crippen molar-refractivity contribution in [3.63, 3.8) is 0 Å². The summed E-state index contributed by atoms with van der Waals surface area (Å²) in [4.78, 5) is 0. The van der Waals surface area contributed by atoms with Gasteiger partial charge in [-0.3, -0.25) is 9.88 Å². The lowest BCUT2D eigenvalue weighted by molar-refractivity contribution is 1.77. The van der Waals surface area contributed by atoms with Gasteiger partial charge in [-0.05, 0) is 25.7 Å². The Morgan fingerprint density at radius 3 is 1.78 bits per heavy atom. The molecule has 0 N–H and O–H groups in total. The summed E-state index contributed by atoms with van der Waals surface area (Å²) >= 11 is 0. The summed E-state index contributed by atoms with van der Waals surface area (Å²) in [6.45, 7) is 4.37. The van der Waals surface area contributed by atoms with Crippen LogP contribution in [0.3, 0.4) is 0 Å². The first-order valence-corrected chi connectivity index (χ1v) is 6.20. The highest BCUT2D eigenvalue weighted by molar-refractivity contribution is 8.53. The summed E-state index contributed by atoms with van der Waals surface area (Å²) in [5.41, 5.74) is 0. The fourth-order valence-electron chi connectivity index (χ4n) is 0.507. The molecule has 0 spiro atoms. The van der Waals surface area contributed by atoms with Crippen molar-refractivity contribution >= 4 is 15.9 Å². The summed E-state index contributed by atoms with van der Waals surface area (Å²) in [7, 11) is -0.352. The summed E-state index contributed by atoms with van der Waals surface area (Å²) in [5, 5.41) is 0. The third-order valence-corrected chi connectivity index (χ3v) is 3.97. The van der Waals surface area contributed by atoms with E-state index >= 15 is 0 Å². The highest BCUT2D eigenvalue weighted by Crippen LogP contribution is 2.38. The minimum absolute atomic E-state index is 0.352. The Kier molecular flexibility index (Phi) is 3.41. The molecule has 0 heterocycles. The Morgan fingerprint density at radius 2 is 1.67 bits per heavy atom. The molecule has 2 heteroatoms. The van der Waals surface area contributed by atoms with Gasteiger partial charge in [0.05, 0.1) is 0 Å². The van der Waals surface area contributed by atoms with Crippen LogP contribution in [0.15, 0.2) is 12.1 Å². The summed E-state index contributed by atoms with van der Waals surface area (Å²) < 4.78 is 0. The van der Waals surface area contributed by atoms with Crippen LogP contribution in [0.2, 0.25) is 6.82 Å². The quantitative estimate of drug-likeness (QED) is 0.522. The van der Waals surface area contributed by atoms with Gasteiger partial charge < -0.3 is 0 Å². The minimum Gasteiger partial charge on any atom is -0.275 e. The van der Waals surface area contributed by atoms with Crippen molar-refractivity contribution < 1.29 is 0 Å². The van der Waals surface area contributed by atoms with Crippen molar-refractivity contribution in [3.05, 3.63) is 12.1 Å². The van der Waals surface area contributed by atoms with E-state index in [1.54, 1.807) is 0 Å². The summed E-state index contributed by atoms with van der Waals surface area (Å²) in [6, 6.07) is 0. The van der Waals surface area contributed by atoms with Crippen molar-refractivity contribution in [2.45, 2.75) is 13.7 Å². The second-order valence-electron chi connectivity index (χ2n) is 3.16. The molecule has 0 aliphatic rings. The van der Waals surface area contributed by atoms with Crippen molar-refractivity contribution in [1.29, 1.82) is 0 Å². The zero-order chi connectivity index (χ0) is 7.49. The standard InChI is InChI=1S/C7H17BS/c1-6-7-8(2)9(3,4)5/h6-7H,1-5H3/b7-6+. The molecule has 0 nitrogen and oxygen atoms in total. The molecule has 0 atom stereocenters. The summed E-state index contributed by atoms with van der Waals surface area (Å²) in [6.07, 6.45) is 9.18. The third kappa shape index (κ3) is 3.69. The van der Waals surface area contributed by atoms with Gasteiger partial charge in [-0.2, -0.15) is 0 Å². The van der Waals surface area contributed by atoms with E-state index in [2.05, 4.69) is 44.6 Å². The third-order valence-electron chi connectivity index (χ3n) is 1.58. The van der Waals surface area contributed by atoms with Gasteiger partial charge in [0.15, 0.2) is 0 Å². The van der Waals surface area contributed by atoms with E-state index in [0.717, 1.165) is 5.99 Å². The molecule has 0 aromatic carbocycles. The molecule has 0 aliphatic heterocycles. The van der Waals surface area contributed by atoms with Crippen LogP contribution in [0.4, 0.5) is 0 Å². The molecule has 54 valence electrons. The molecule has 0 amide bonds. The van der Waals surface area contributed by atoms with Crippen molar-refractivity contribution in [3.8, 4) is 0 Å². The van der Waals surface area contributed by atoms with Crippen molar-refractivity contribution in [2.75, 3.05) is 18.8 Å². The lowest BCUT2D eigenvalue weighted by Gasteiger charge is -2.28. The van der Waals surface area contributed by atoms with E-state index in [1.807, 2.05) is 0 Å². The lowest BCUT2D eigenvalue weighted by atomic mass is 9.80. The number of hydrogen-bond acceptors (Lipinski definition) is 0. The minimum atomic E-state index is -0.352. The topological polar surface area (TPSA) is 0 Å². The maximum absolute atomic E-state index is 2.34. The van der Waals surface area contributed by atoms with Gasteiger partial charge in [-0.25, -0.2) is 0 Å². The zero-order valence-corrected chi connectivity index (χ0v) is 7.96. The number of hydrogen-bond donors (Lipinski definition) is 0. The van der Waals surface area contributed by atoms with E-state index < -0.39 is 0 Å². The van der Waals surface area contributed by atoms with Gasteiger partial charge in [-0.15, -0.1) is 5.98 Å². The lowest BCUT2D eigenvalue weighted by Crippen LogP contribution is -2.13. The molecule has 0 radical (unpaired) electrons. The normalized spacial score (nSPS) is 14.3. The molecule has 0 aromatic heterocycles. The van der Waals surface area contributed by atoms with Gasteiger partial charge in [0.2, 0.25) is 5.99 Å². The van der Waals surface area contributed by atoms with Crippen LogP contribution in [0.1, 0.15) is 6.92 Å². The monoisotopic (exact) mass is 144 g/mol. The van der Waals surface area contributed by atoms with Crippen LogP contribution >= 0.6 is 9.88 Å². The van der Waals surface area contributed by atoms with E-state index in [-0.39, 0.29) is 9.88 Å². The first-order chi connectivity index (χ1) is 3.98. The molecule has 0 unspecified atom stereocenters. The Bertz CT molecular complexity index is 102. The van der Waals surface area contributed by atoms with Gasteiger partial charge in [0.25, 0.3) is 0 Å². The predicted octanol–water partition coefficient (Wildman–Crippen LogP) is 2.42. The molecule has 0 saturated heterocycles. The first kappa shape index (κ1) is 9.15. The maximum Gasteiger partial charge on any atom is 0.213 e. The Hall–Kier alpha value is 0.155. The highest BCUT2D eigenvalue weighted by Gasteiger charge is 2.14. The molecule has 0 bridgehead atoms. The van der Waals surface area contributed by atoms with Crippen LogP contribution in [0, 0.1) is 0 Å².